The van der Waals surface area contributed by atoms with Crippen molar-refractivity contribution in [3.8, 4) is 5.69 Å². The van der Waals surface area contributed by atoms with Gasteiger partial charge in [-0.05, 0) is 49.1 Å². The van der Waals surface area contributed by atoms with E-state index in [0.29, 0.717) is 0 Å². The molecule has 0 spiro atoms. The molecule has 0 unspecified atom stereocenters. The summed E-state index contributed by atoms with van der Waals surface area (Å²) in [4.78, 5) is 4.06. The van der Waals surface area contributed by atoms with E-state index in [4.69, 9.17) is 0 Å². The second-order valence-corrected chi connectivity index (χ2v) is 5.85. The number of imidazole rings is 1. The fourth-order valence-electron chi connectivity index (χ4n) is 2.10. The van der Waals surface area contributed by atoms with Crippen LogP contribution in [0.4, 0.5) is 0 Å². The maximum atomic E-state index is 4.06. The molecule has 4 heteroatoms. The molecule has 1 heterocycles. The molecule has 0 aliphatic carbocycles. The Bertz CT molecular complexity index is 465. The molecule has 0 bridgehead atoms. The van der Waals surface area contributed by atoms with Gasteiger partial charge < -0.3 is 9.88 Å². The SMILES string of the molecule is CSCCCCCNCc1ccc(-n2ccnc2)cc1. The van der Waals surface area contributed by atoms with Crippen LogP contribution in [0.25, 0.3) is 5.69 Å². The molecule has 0 fully saturated rings. The predicted molar refractivity (Wildman–Crippen MR) is 87.5 cm³/mol. The number of nitrogens with one attached hydrogen (secondary N) is 1. The maximum Gasteiger partial charge on any atom is 0.0991 e. The van der Waals surface area contributed by atoms with Crippen molar-refractivity contribution in [2.75, 3.05) is 18.6 Å². The number of hydrogen-bond acceptors (Lipinski definition) is 3. The molecule has 0 radical (unpaired) electrons. The maximum absolute atomic E-state index is 4.06. The number of nitrogens with zero attached hydrogens (tertiary/aromatic N) is 2. The van der Waals surface area contributed by atoms with Gasteiger partial charge in [0.1, 0.15) is 0 Å². The fraction of sp³-hybridized carbons (Fsp3) is 0.438. The number of benzene rings is 1. The summed E-state index contributed by atoms with van der Waals surface area (Å²) in [6.45, 7) is 2.06. The van der Waals surface area contributed by atoms with E-state index in [1.165, 1.54) is 30.6 Å². The van der Waals surface area contributed by atoms with Crippen molar-refractivity contribution < 1.29 is 0 Å². The number of unbranched alkanes of at least 4 members (excludes halogenated alkanes) is 2. The van der Waals surface area contributed by atoms with Gasteiger partial charge in [-0.2, -0.15) is 11.8 Å². The molecular weight excluding hydrogens is 266 g/mol. The van der Waals surface area contributed by atoms with Crippen LogP contribution >= 0.6 is 11.8 Å². The zero-order chi connectivity index (χ0) is 14.0. The Morgan fingerprint density at radius 3 is 2.70 bits per heavy atom. The second kappa shape index (κ2) is 8.82. The molecule has 1 aromatic carbocycles. The van der Waals surface area contributed by atoms with Crippen LogP contribution in [0.3, 0.4) is 0 Å². The van der Waals surface area contributed by atoms with Gasteiger partial charge in [-0.25, -0.2) is 4.98 Å². The van der Waals surface area contributed by atoms with Gasteiger partial charge in [-0.15, -0.1) is 0 Å². The van der Waals surface area contributed by atoms with Crippen molar-refractivity contribution >= 4 is 11.8 Å². The van der Waals surface area contributed by atoms with E-state index >= 15 is 0 Å². The highest BCUT2D eigenvalue weighted by Crippen LogP contribution is 2.09. The molecule has 20 heavy (non-hydrogen) atoms. The zero-order valence-electron chi connectivity index (χ0n) is 12.1. The van der Waals surface area contributed by atoms with Crippen LogP contribution in [0.15, 0.2) is 43.0 Å². The summed E-state index contributed by atoms with van der Waals surface area (Å²) in [6, 6.07) is 8.63. The Morgan fingerprint density at radius 1 is 1.15 bits per heavy atom. The van der Waals surface area contributed by atoms with E-state index in [2.05, 4.69) is 40.8 Å². The van der Waals surface area contributed by atoms with Crippen LogP contribution in [0.2, 0.25) is 0 Å². The lowest BCUT2D eigenvalue weighted by atomic mass is 10.2. The first-order valence-electron chi connectivity index (χ1n) is 7.17. The average molecular weight is 289 g/mol. The molecule has 1 aromatic heterocycles. The lowest BCUT2D eigenvalue weighted by Gasteiger charge is -2.07. The van der Waals surface area contributed by atoms with Crippen molar-refractivity contribution in [1.82, 2.24) is 14.9 Å². The van der Waals surface area contributed by atoms with E-state index < -0.39 is 0 Å². The van der Waals surface area contributed by atoms with Crippen LogP contribution in [0.5, 0.6) is 0 Å². The van der Waals surface area contributed by atoms with Crippen molar-refractivity contribution in [1.29, 1.82) is 0 Å². The van der Waals surface area contributed by atoms with Crippen molar-refractivity contribution in [3.05, 3.63) is 48.5 Å². The van der Waals surface area contributed by atoms with Gasteiger partial charge >= 0.3 is 0 Å². The Morgan fingerprint density at radius 2 is 2.00 bits per heavy atom. The zero-order valence-corrected chi connectivity index (χ0v) is 12.9. The van der Waals surface area contributed by atoms with Crippen molar-refractivity contribution in [2.24, 2.45) is 0 Å². The monoisotopic (exact) mass is 289 g/mol. The summed E-state index contributed by atoms with van der Waals surface area (Å²) in [5.41, 5.74) is 2.49. The molecular formula is C16H23N3S. The lowest BCUT2D eigenvalue weighted by molar-refractivity contribution is 0.618. The minimum Gasteiger partial charge on any atom is -0.313 e. The molecule has 2 aromatic rings. The van der Waals surface area contributed by atoms with Crippen LogP contribution < -0.4 is 5.32 Å². The quantitative estimate of drug-likeness (QED) is 0.717. The minimum atomic E-state index is 0.951. The molecule has 0 atom stereocenters. The van der Waals surface area contributed by atoms with E-state index in [9.17, 15) is 0 Å². The summed E-state index contributed by atoms with van der Waals surface area (Å²) in [5, 5.41) is 3.51. The number of thioether (sulfide) groups is 1. The van der Waals surface area contributed by atoms with Crippen LogP contribution in [0.1, 0.15) is 24.8 Å². The lowest BCUT2D eigenvalue weighted by Crippen LogP contribution is -2.14. The third-order valence-electron chi connectivity index (χ3n) is 3.27. The first-order chi connectivity index (χ1) is 9.90. The highest BCUT2D eigenvalue weighted by molar-refractivity contribution is 7.98. The van der Waals surface area contributed by atoms with Gasteiger partial charge in [0.25, 0.3) is 0 Å². The summed E-state index contributed by atoms with van der Waals surface area (Å²) in [5.74, 6) is 1.29. The molecule has 1 N–H and O–H groups in total. The van der Waals surface area contributed by atoms with E-state index in [-0.39, 0.29) is 0 Å². The van der Waals surface area contributed by atoms with E-state index in [0.717, 1.165) is 18.8 Å². The molecule has 3 nitrogen and oxygen atoms in total. The normalized spacial score (nSPS) is 10.8. The Hall–Kier alpha value is -1.26. The average Bonchev–Trinajstić information content (AvgIpc) is 3.01. The third kappa shape index (κ3) is 5.02. The first kappa shape index (κ1) is 15.1. The van der Waals surface area contributed by atoms with Gasteiger partial charge in [-0.3, -0.25) is 0 Å². The first-order valence-corrected chi connectivity index (χ1v) is 8.56. The summed E-state index contributed by atoms with van der Waals surface area (Å²) in [7, 11) is 0. The molecule has 0 saturated carbocycles. The predicted octanol–water partition coefficient (Wildman–Crippen LogP) is 3.50. The highest BCUT2D eigenvalue weighted by atomic mass is 32.2. The van der Waals surface area contributed by atoms with Gasteiger partial charge in [0.05, 0.1) is 6.33 Å². The van der Waals surface area contributed by atoms with Crippen LogP contribution in [-0.4, -0.2) is 28.1 Å². The van der Waals surface area contributed by atoms with Crippen LogP contribution in [0, 0.1) is 0 Å². The standard InChI is InChI=1S/C16H23N3S/c1-20-12-4-2-3-9-17-13-15-5-7-16(8-6-15)19-11-10-18-14-19/h5-8,10-11,14,17H,2-4,9,12-13H2,1H3. The molecule has 108 valence electrons. The molecule has 0 saturated heterocycles. The second-order valence-electron chi connectivity index (χ2n) is 4.87. The van der Waals surface area contributed by atoms with E-state index in [1.54, 1.807) is 6.20 Å². The molecule has 0 aliphatic heterocycles. The summed E-state index contributed by atoms with van der Waals surface area (Å²) >= 11 is 1.94. The number of aromatic nitrogens is 2. The van der Waals surface area contributed by atoms with Gasteiger partial charge in [0.15, 0.2) is 0 Å². The number of hydrogen-bond donors (Lipinski definition) is 1. The largest absolute Gasteiger partial charge is 0.313 e. The Kier molecular flexibility index (Phi) is 6.68. The molecule has 2 rings (SSSR count). The highest BCUT2D eigenvalue weighted by Gasteiger charge is 1.96. The van der Waals surface area contributed by atoms with Gasteiger partial charge in [0, 0.05) is 24.6 Å². The van der Waals surface area contributed by atoms with Gasteiger partial charge in [0.2, 0.25) is 0 Å². The Labute approximate surface area is 125 Å². The van der Waals surface area contributed by atoms with E-state index in [1.807, 2.05) is 28.9 Å². The van der Waals surface area contributed by atoms with Crippen LogP contribution in [-0.2, 0) is 6.54 Å². The molecule has 0 aliphatic rings. The van der Waals surface area contributed by atoms with Crippen molar-refractivity contribution in [3.63, 3.8) is 0 Å². The number of rotatable bonds is 9. The van der Waals surface area contributed by atoms with Gasteiger partial charge in [-0.1, -0.05) is 18.6 Å². The summed E-state index contributed by atoms with van der Waals surface area (Å²) < 4.78 is 2.02. The molecule has 0 amide bonds. The Balaban J connectivity index is 1.67. The minimum absolute atomic E-state index is 0.951. The fourth-order valence-corrected chi connectivity index (χ4v) is 2.60. The topological polar surface area (TPSA) is 29.9 Å². The third-order valence-corrected chi connectivity index (χ3v) is 3.97. The van der Waals surface area contributed by atoms with Crippen molar-refractivity contribution in [2.45, 2.75) is 25.8 Å². The summed E-state index contributed by atoms with van der Waals surface area (Å²) in [6.07, 6.45) is 11.7. The smallest absolute Gasteiger partial charge is 0.0991 e.